The Bertz CT molecular complexity index is 579. The molecule has 2 aromatic rings. The van der Waals surface area contributed by atoms with Crippen LogP contribution in [0.5, 0.6) is 0 Å². The van der Waals surface area contributed by atoms with E-state index in [-0.39, 0.29) is 5.82 Å². The molecule has 1 aliphatic rings. The number of aliphatic hydroxyl groups is 1. The van der Waals surface area contributed by atoms with E-state index in [1.54, 1.807) is 11.3 Å². The van der Waals surface area contributed by atoms with Crippen LogP contribution in [0.25, 0.3) is 0 Å². The summed E-state index contributed by atoms with van der Waals surface area (Å²) in [6.07, 6.45) is 4.67. The first-order chi connectivity index (χ1) is 9.61. The molecule has 1 atom stereocenters. The predicted octanol–water partition coefficient (Wildman–Crippen LogP) is 4.80. The van der Waals surface area contributed by atoms with Crippen LogP contribution in [-0.2, 0) is 19.3 Å². The zero-order valence-electron chi connectivity index (χ0n) is 11.0. The lowest BCUT2D eigenvalue weighted by molar-refractivity contribution is 0.182. The van der Waals surface area contributed by atoms with Gasteiger partial charge in [-0.3, -0.25) is 0 Å². The molecule has 0 bridgehead atoms. The van der Waals surface area contributed by atoms with Crippen LogP contribution in [0.4, 0.5) is 4.39 Å². The molecule has 1 aromatic heterocycles. The summed E-state index contributed by atoms with van der Waals surface area (Å²) in [6.45, 7) is 0. The van der Waals surface area contributed by atoms with E-state index in [1.807, 2.05) is 6.07 Å². The highest BCUT2D eigenvalue weighted by atomic mass is 79.9. The standard InChI is InChI=1S/C16H16BrFOS/c17-12-5-10(6-13(18)9-12)7-14(19)16-8-11-3-1-2-4-15(11)20-16/h5-6,8-9,14,19H,1-4,7H2. The van der Waals surface area contributed by atoms with Crippen molar-refractivity contribution < 1.29 is 9.50 Å². The summed E-state index contributed by atoms with van der Waals surface area (Å²) < 4.78 is 14.1. The van der Waals surface area contributed by atoms with Gasteiger partial charge >= 0.3 is 0 Å². The topological polar surface area (TPSA) is 20.2 Å². The third-order valence-electron chi connectivity index (χ3n) is 3.70. The minimum Gasteiger partial charge on any atom is -0.387 e. The smallest absolute Gasteiger partial charge is 0.124 e. The van der Waals surface area contributed by atoms with Crippen LogP contribution in [-0.4, -0.2) is 5.11 Å². The summed E-state index contributed by atoms with van der Waals surface area (Å²) in [4.78, 5) is 2.43. The maximum absolute atomic E-state index is 13.4. The van der Waals surface area contributed by atoms with Crippen molar-refractivity contribution in [3.05, 3.63) is 55.4 Å². The fourth-order valence-corrected chi connectivity index (χ4v) is 4.49. The SMILES string of the molecule is OC(Cc1cc(F)cc(Br)c1)c1cc2c(s1)CCCC2. The van der Waals surface area contributed by atoms with Gasteiger partial charge in [-0.1, -0.05) is 15.9 Å². The highest BCUT2D eigenvalue weighted by molar-refractivity contribution is 9.10. The van der Waals surface area contributed by atoms with Crippen LogP contribution in [0, 0.1) is 5.82 Å². The van der Waals surface area contributed by atoms with Gasteiger partial charge in [0.2, 0.25) is 0 Å². The fraction of sp³-hybridized carbons (Fsp3) is 0.375. The highest BCUT2D eigenvalue weighted by Gasteiger charge is 2.18. The number of fused-ring (bicyclic) bond motifs is 1. The number of aliphatic hydroxyl groups excluding tert-OH is 1. The van der Waals surface area contributed by atoms with Crippen LogP contribution in [0.1, 0.15) is 39.8 Å². The van der Waals surface area contributed by atoms with E-state index in [2.05, 4.69) is 22.0 Å². The molecule has 0 saturated carbocycles. The minimum atomic E-state index is -0.542. The van der Waals surface area contributed by atoms with Crippen LogP contribution >= 0.6 is 27.3 Å². The zero-order chi connectivity index (χ0) is 14.1. The first kappa shape index (κ1) is 14.2. The minimum absolute atomic E-state index is 0.271. The molecule has 0 spiro atoms. The lowest BCUT2D eigenvalue weighted by Gasteiger charge is -2.09. The number of hydrogen-bond acceptors (Lipinski definition) is 2. The second-order valence-electron chi connectivity index (χ2n) is 5.30. The molecule has 1 unspecified atom stereocenters. The number of halogens is 2. The van der Waals surface area contributed by atoms with Gasteiger partial charge in [-0.25, -0.2) is 4.39 Å². The summed E-state index contributed by atoms with van der Waals surface area (Å²) in [5, 5.41) is 10.4. The van der Waals surface area contributed by atoms with Crippen molar-refractivity contribution in [3.63, 3.8) is 0 Å². The number of rotatable bonds is 3. The van der Waals surface area contributed by atoms with Gasteiger partial charge in [0.15, 0.2) is 0 Å². The Balaban J connectivity index is 1.78. The molecule has 4 heteroatoms. The molecule has 3 rings (SSSR count). The van der Waals surface area contributed by atoms with Gasteiger partial charge in [0.05, 0.1) is 6.10 Å². The van der Waals surface area contributed by atoms with Gasteiger partial charge in [-0.05, 0) is 61.1 Å². The Kier molecular flexibility index (Phi) is 4.24. The van der Waals surface area contributed by atoms with E-state index in [4.69, 9.17) is 0 Å². The van der Waals surface area contributed by atoms with E-state index < -0.39 is 6.10 Å². The van der Waals surface area contributed by atoms with Gasteiger partial charge in [0, 0.05) is 20.6 Å². The van der Waals surface area contributed by atoms with Gasteiger partial charge in [-0.15, -0.1) is 11.3 Å². The van der Waals surface area contributed by atoms with Gasteiger partial charge in [0.1, 0.15) is 5.82 Å². The van der Waals surface area contributed by atoms with E-state index in [0.29, 0.717) is 10.9 Å². The van der Waals surface area contributed by atoms with Crippen molar-refractivity contribution in [2.45, 2.75) is 38.2 Å². The molecule has 1 aromatic carbocycles. The largest absolute Gasteiger partial charge is 0.387 e. The van der Waals surface area contributed by atoms with Crippen molar-refractivity contribution in [1.29, 1.82) is 0 Å². The molecular formula is C16H16BrFOS. The fourth-order valence-electron chi connectivity index (χ4n) is 2.73. The quantitative estimate of drug-likeness (QED) is 0.838. The zero-order valence-corrected chi connectivity index (χ0v) is 13.4. The van der Waals surface area contributed by atoms with Crippen molar-refractivity contribution in [3.8, 4) is 0 Å². The van der Waals surface area contributed by atoms with Crippen molar-refractivity contribution in [2.75, 3.05) is 0 Å². The van der Waals surface area contributed by atoms with E-state index >= 15 is 0 Å². The first-order valence-corrected chi connectivity index (χ1v) is 8.47. The summed E-state index contributed by atoms with van der Waals surface area (Å²) in [6, 6.07) is 6.92. The number of hydrogen-bond donors (Lipinski definition) is 1. The maximum atomic E-state index is 13.4. The molecule has 1 heterocycles. The number of aryl methyl sites for hydroxylation is 2. The van der Waals surface area contributed by atoms with Crippen LogP contribution in [0.3, 0.4) is 0 Å². The van der Waals surface area contributed by atoms with Crippen molar-refractivity contribution >= 4 is 27.3 Å². The van der Waals surface area contributed by atoms with Crippen LogP contribution in [0.2, 0.25) is 0 Å². The highest BCUT2D eigenvalue weighted by Crippen LogP contribution is 2.34. The van der Waals surface area contributed by atoms with Crippen molar-refractivity contribution in [1.82, 2.24) is 0 Å². The summed E-state index contributed by atoms with van der Waals surface area (Å²) in [7, 11) is 0. The lowest BCUT2D eigenvalue weighted by atomic mass is 9.98. The maximum Gasteiger partial charge on any atom is 0.124 e. The monoisotopic (exact) mass is 354 g/mol. The molecule has 1 N–H and O–H groups in total. The van der Waals surface area contributed by atoms with E-state index in [9.17, 15) is 9.50 Å². The number of benzene rings is 1. The van der Waals surface area contributed by atoms with Gasteiger partial charge in [-0.2, -0.15) is 0 Å². The summed E-state index contributed by atoms with van der Waals surface area (Å²) >= 11 is 5.00. The van der Waals surface area contributed by atoms with Crippen LogP contribution < -0.4 is 0 Å². The average Bonchev–Trinajstić information content (AvgIpc) is 2.81. The second kappa shape index (κ2) is 5.96. The van der Waals surface area contributed by atoms with Gasteiger partial charge in [0.25, 0.3) is 0 Å². The van der Waals surface area contributed by atoms with E-state index in [0.717, 1.165) is 23.3 Å². The normalized spacial score (nSPS) is 15.9. The summed E-state index contributed by atoms with van der Waals surface area (Å²) in [5.74, 6) is -0.271. The molecule has 0 amide bonds. The average molecular weight is 355 g/mol. The second-order valence-corrected chi connectivity index (χ2v) is 7.39. The molecule has 0 radical (unpaired) electrons. The third-order valence-corrected chi connectivity index (χ3v) is 5.49. The Morgan fingerprint density at radius 2 is 2.00 bits per heavy atom. The Labute approximate surface area is 130 Å². The summed E-state index contributed by atoms with van der Waals surface area (Å²) in [5.41, 5.74) is 2.21. The van der Waals surface area contributed by atoms with E-state index in [1.165, 1.54) is 35.4 Å². The van der Waals surface area contributed by atoms with Crippen molar-refractivity contribution in [2.24, 2.45) is 0 Å². The molecule has 20 heavy (non-hydrogen) atoms. The molecule has 0 fully saturated rings. The molecule has 1 aliphatic carbocycles. The number of thiophene rings is 1. The molecule has 0 saturated heterocycles. The molecule has 0 aliphatic heterocycles. The predicted molar refractivity (Wildman–Crippen MR) is 83.7 cm³/mol. The van der Waals surface area contributed by atoms with Gasteiger partial charge < -0.3 is 5.11 Å². The molecule has 1 nitrogen and oxygen atoms in total. The lowest BCUT2D eigenvalue weighted by Crippen LogP contribution is -2.00. The van der Waals surface area contributed by atoms with Crippen LogP contribution in [0.15, 0.2) is 28.7 Å². The molecular weight excluding hydrogens is 339 g/mol. The Morgan fingerprint density at radius 3 is 2.75 bits per heavy atom. The molecule has 106 valence electrons. The third kappa shape index (κ3) is 3.13. The first-order valence-electron chi connectivity index (χ1n) is 6.86. The Morgan fingerprint density at radius 1 is 1.20 bits per heavy atom. The Hall–Kier alpha value is -0.710.